The van der Waals surface area contributed by atoms with Crippen molar-refractivity contribution in [3.05, 3.63) is 12.2 Å². The maximum atomic E-state index is 12.4. The Morgan fingerprint density at radius 2 is 2.20 bits per heavy atom. The van der Waals surface area contributed by atoms with E-state index in [-0.39, 0.29) is 17.9 Å². The van der Waals surface area contributed by atoms with E-state index in [0.717, 1.165) is 25.1 Å². The minimum absolute atomic E-state index is 0.0617. The van der Waals surface area contributed by atoms with Crippen LogP contribution in [0.2, 0.25) is 0 Å². The van der Waals surface area contributed by atoms with Gasteiger partial charge in [0.1, 0.15) is 12.2 Å². The molecule has 6 heteroatoms. The van der Waals surface area contributed by atoms with Gasteiger partial charge < -0.3 is 10.1 Å². The lowest BCUT2D eigenvalue weighted by Crippen LogP contribution is -2.38. The fourth-order valence-electron chi connectivity index (χ4n) is 2.57. The largest absolute Gasteiger partial charge is 0.381 e. The van der Waals surface area contributed by atoms with Gasteiger partial charge in [0, 0.05) is 26.2 Å². The molecule has 1 saturated heterocycles. The normalized spacial score (nSPS) is 18.2. The molecule has 1 aliphatic heterocycles. The topological polar surface area (TPSA) is 69.0 Å². The molecule has 0 unspecified atom stereocenters. The summed E-state index contributed by atoms with van der Waals surface area (Å²) in [5, 5.41) is 7.24. The van der Waals surface area contributed by atoms with Crippen molar-refractivity contribution >= 4 is 5.91 Å². The first-order chi connectivity index (χ1) is 9.58. The molecule has 2 rings (SSSR count). The average Bonchev–Trinajstić information content (AvgIpc) is 2.84. The summed E-state index contributed by atoms with van der Waals surface area (Å²) in [4.78, 5) is 16.7. The lowest BCUT2D eigenvalue weighted by atomic mass is 9.97. The smallest absolute Gasteiger partial charge is 0.223 e. The van der Waals surface area contributed by atoms with Crippen LogP contribution in [0, 0.1) is 11.8 Å². The second kappa shape index (κ2) is 6.83. The van der Waals surface area contributed by atoms with Crippen molar-refractivity contribution in [2.75, 3.05) is 13.2 Å². The van der Waals surface area contributed by atoms with Gasteiger partial charge >= 0.3 is 0 Å². The lowest BCUT2D eigenvalue weighted by molar-refractivity contribution is -0.128. The third kappa shape index (κ3) is 3.79. The first-order valence-corrected chi connectivity index (χ1v) is 7.30. The molecule has 0 aliphatic carbocycles. The zero-order valence-electron chi connectivity index (χ0n) is 12.5. The molecule has 0 bridgehead atoms. The molecule has 1 atom stereocenters. The number of rotatable bonds is 5. The molecule has 0 spiro atoms. The number of carbonyl (C=O) groups excluding carboxylic acids is 1. The third-order valence-corrected chi connectivity index (χ3v) is 3.67. The highest BCUT2D eigenvalue weighted by Crippen LogP contribution is 2.21. The summed E-state index contributed by atoms with van der Waals surface area (Å²) in [7, 11) is 1.86. The zero-order valence-corrected chi connectivity index (χ0v) is 12.5. The van der Waals surface area contributed by atoms with Crippen LogP contribution >= 0.6 is 0 Å². The van der Waals surface area contributed by atoms with Gasteiger partial charge in [0.15, 0.2) is 0 Å². The molecule has 1 N–H and O–H groups in total. The van der Waals surface area contributed by atoms with E-state index < -0.39 is 0 Å². The van der Waals surface area contributed by atoms with E-state index in [1.165, 1.54) is 6.33 Å². The number of aryl methyl sites for hydroxylation is 1. The Balaban J connectivity index is 2.03. The molecule has 112 valence electrons. The third-order valence-electron chi connectivity index (χ3n) is 3.67. The Labute approximate surface area is 119 Å². The number of amides is 1. The summed E-state index contributed by atoms with van der Waals surface area (Å²) in [6, 6.07) is -0.0714. The van der Waals surface area contributed by atoms with Crippen molar-refractivity contribution in [2.45, 2.75) is 39.2 Å². The minimum atomic E-state index is -0.0714. The van der Waals surface area contributed by atoms with Crippen molar-refractivity contribution in [3.8, 4) is 0 Å². The quantitative estimate of drug-likeness (QED) is 0.886. The second-order valence-corrected chi connectivity index (χ2v) is 5.82. The number of hydrogen-bond acceptors (Lipinski definition) is 4. The number of hydrogen-bond donors (Lipinski definition) is 1. The highest BCUT2D eigenvalue weighted by Gasteiger charge is 2.26. The number of aromatic nitrogens is 3. The van der Waals surface area contributed by atoms with Crippen LogP contribution in [-0.2, 0) is 16.6 Å². The number of nitrogens with zero attached hydrogens (tertiary/aromatic N) is 3. The predicted molar refractivity (Wildman–Crippen MR) is 74.9 cm³/mol. The first kappa shape index (κ1) is 15.0. The summed E-state index contributed by atoms with van der Waals surface area (Å²) >= 11 is 0. The molecule has 1 amide bonds. The van der Waals surface area contributed by atoms with Crippen molar-refractivity contribution in [1.82, 2.24) is 20.1 Å². The molecule has 1 aromatic rings. The van der Waals surface area contributed by atoms with Gasteiger partial charge in [0.2, 0.25) is 5.91 Å². The van der Waals surface area contributed by atoms with Crippen LogP contribution in [0.4, 0.5) is 0 Å². The summed E-state index contributed by atoms with van der Waals surface area (Å²) in [5.74, 6) is 1.47. The Morgan fingerprint density at radius 1 is 1.50 bits per heavy atom. The molecular weight excluding hydrogens is 256 g/mol. The maximum absolute atomic E-state index is 12.4. The van der Waals surface area contributed by atoms with Crippen LogP contribution in [0.25, 0.3) is 0 Å². The Hall–Kier alpha value is -1.43. The Bertz CT molecular complexity index is 438. The fraction of sp³-hybridized carbons (Fsp3) is 0.786. The fourth-order valence-corrected chi connectivity index (χ4v) is 2.57. The van der Waals surface area contributed by atoms with Crippen LogP contribution in [0.1, 0.15) is 45.0 Å². The Morgan fingerprint density at radius 3 is 2.75 bits per heavy atom. The van der Waals surface area contributed by atoms with Gasteiger partial charge in [0.05, 0.1) is 6.04 Å². The van der Waals surface area contributed by atoms with Gasteiger partial charge in [-0.05, 0) is 25.2 Å². The molecule has 2 heterocycles. The lowest BCUT2D eigenvalue weighted by Gasteiger charge is -2.25. The molecule has 1 aromatic heterocycles. The average molecular weight is 280 g/mol. The number of ether oxygens (including phenoxy) is 1. The summed E-state index contributed by atoms with van der Waals surface area (Å²) in [6.45, 7) is 5.64. The van der Waals surface area contributed by atoms with E-state index in [0.29, 0.717) is 19.1 Å². The van der Waals surface area contributed by atoms with E-state index in [1.807, 2.05) is 7.05 Å². The van der Waals surface area contributed by atoms with Crippen LogP contribution in [0.5, 0.6) is 0 Å². The van der Waals surface area contributed by atoms with Crippen molar-refractivity contribution in [2.24, 2.45) is 18.9 Å². The van der Waals surface area contributed by atoms with Gasteiger partial charge in [-0.3, -0.25) is 9.48 Å². The van der Waals surface area contributed by atoms with E-state index in [1.54, 1.807) is 4.68 Å². The minimum Gasteiger partial charge on any atom is -0.381 e. The number of nitrogens with one attached hydrogen (secondary N) is 1. The van der Waals surface area contributed by atoms with Gasteiger partial charge in [-0.2, -0.15) is 5.10 Å². The van der Waals surface area contributed by atoms with Gasteiger partial charge in [-0.15, -0.1) is 0 Å². The summed E-state index contributed by atoms with van der Waals surface area (Å²) in [5.41, 5.74) is 0. The molecule has 20 heavy (non-hydrogen) atoms. The van der Waals surface area contributed by atoms with E-state index in [9.17, 15) is 4.79 Å². The standard InChI is InChI=1S/C14H24N4O2/c1-10(2)8-12(13-15-9-16-18(13)3)17-14(19)11-4-6-20-7-5-11/h9-12H,4-8H2,1-3H3,(H,17,19)/t12-/m0/s1. The first-order valence-electron chi connectivity index (χ1n) is 7.30. The highest BCUT2D eigenvalue weighted by atomic mass is 16.5. The monoisotopic (exact) mass is 280 g/mol. The van der Waals surface area contributed by atoms with E-state index in [2.05, 4.69) is 29.2 Å². The van der Waals surface area contributed by atoms with Crippen LogP contribution in [-0.4, -0.2) is 33.9 Å². The molecule has 0 radical (unpaired) electrons. The van der Waals surface area contributed by atoms with Crippen molar-refractivity contribution in [3.63, 3.8) is 0 Å². The molecule has 0 saturated carbocycles. The summed E-state index contributed by atoms with van der Waals surface area (Å²) in [6.07, 6.45) is 4.00. The molecule has 1 aliphatic rings. The SMILES string of the molecule is CC(C)C[C@H](NC(=O)C1CCOCC1)c1ncnn1C. The molecular formula is C14H24N4O2. The number of carbonyl (C=O) groups is 1. The van der Waals surface area contributed by atoms with Crippen molar-refractivity contribution in [1.29, 1.82) is 0 Å². The zero-order chi connectivity index (χ0) is 14.5. The van der Waals surface area contributed by atoms with E-state index in [4.69, 9.17) is 4.74 Å². The van der Waals surface area contributed by atoms with E-state index >= 15 is 0 Å². The van der Waals surface area contributed by atoms with Crippen LogP contribution in [0.15, 0.2) is 6.33 Å². The van der Waals surface area contributed by atoms with Crippen LogP contribution < -0.4 is 5.32 Å². The highest BCUT2D eigenvalue weighted by molar-refractivity contribution is 5.79. The van der Waals surface area contributed by atoms with Gasteiger partial charge in [-0.25, -0.2) is 4.98 Å². The molecule has 0 aromatic carbocycles. The maximum Gasteiger partial charge on any atom is 0.223 e. The predicted octanol–water partition coefficient (Wildman–Crippen LogP) is 1.45. The van der Waals surface area contributed by atoms with Gasteiger partial charge in [-0.1, -0.05) is 13.8 Å². The van der Waals surface area contributed by atoms with Gasteiger partial charge in [0.25, 0.3) is 0 Å². The molecule has 1 fully saturated rings. The van der Waals surface area contributed by atoms with Crippen molar-refractivity contribution < 1.29 is 9.53 Å². The Kier molecular flexibility index (Phi) is 5.11. The summed E-state index contributed by atoms with van der Waals surface area (Å²) < 4.78 is 7.04. The van der Waals surface area contributed by atoms with Crippen LogP contribution in [0.3, 0.4) is 0 Å². The molecule has 6 nitrogen and oxygen atoms in total. The second-order valence-electron chi connectivity index (χ2n) is 5.82.